The van der Waals surface area contributed by atoms with Crippen molar-refractivity contribution in [2.24, 2.45) is 5.14 Å². The molecule has 1 unspecified atom stereocenters. The van der Waals surface area contributed by atoms with Crippen molar-refractivity contribution in [3.8, 4) is 0 Å². The zero-order valence-electron chi connectivity index (χ0n) is 17.1. The van der Waals surface area contributed by atoms with Gasteiger partial charge in [-0.25, -0.2) is 18.5 Å². The van der Waals surface area contributed by atoms with E-state index in [0.717, 1.165) is 17.3 Å². The molecular formula is C21H21ClN4O4S2. The fourth-order valence-corrected chi connectivity index (χ4v) is 4.52. The van der Waals surface area contributed by atoms with Crippen LogP contribution in [0.4, 0.5) is 0 Å². The molecule has 8 nitrogen and oxygen atoms in total. The zero-order valence-corrected chi connectivity index (χ0v) is 19.5. The van der Waals surface area contributed by atoms with Gasteiger partial charge in [0.1, 0.15) is 0 Å². The van der Waals surface area contributed by atoms with Crippen molar-refractivity contribution >= 4 is 50.2 Å². The van der Waals surface area contributed by atoms with Crippen molar-refractivity contribution in [3.05, 3.63) is 76.1 Å². The summed E-state index contributed by atoms with van der Waals surface area (Å²) in [6.45, 7) is 5.71. The summed E-state index contributed by atoms with van der Waals surface area (Å²) in [5, 5.41) is 9.21. The molecule has 0 spiro atoms. The molecule has 168 valence electrons. The molecule has 1 heterocycles. The van der Waals surface area contributed by atoms with E-state index in [2.05, 4.69) is 16.9 Å². The van der Waals surface area contributed by atoms with Gasteiger partial charge in [-0.1, -0.05) is 41.6 Å². The minimum absolute atomic E-state index is 0.00185. The maximum Gasteiger partial charge on any atom is 0.262 e. The third-order valence-corrected chi connectivity index (χ3v) is 6.75. The van der Waals surface area contributed by atoms with Crippen molar-refractivity contribution in [1.29, 1.82) is 0 Å². The molecule has 0 saturated carbocycles. The maximum atomic E-state index is 12.8. The van der Waals surface area contributed by atoms with E-state index in [-0.39, 0.29) is 34.7 Å². The summed E-state index contributed by atoms with van der Waals surface area (Å²) in [6, 6.07) is 10.5. The van der Waals surface area contributed by atoms with Crippen molar-refractivity contribution in [2.75, 3.05) is 5.75 Å². The van der Waals surface area contributed by atoms with Crippen LogP contribution in [0.15, 0.2) is 70.0 Å². The molecule has 0 radical (unpaired) electrons. The number of nitrogens with one attached hydrogen (secondary N) is 1. The van der Waals surface area contributed by atoms with Gasteiger partial charge in [-0.2, -0.15) is 0 Å². The highest BCUT2D eigenvalue weighted by Gasteiger charge is 2.15. The number of sulfonamides is 1. The van der Waals surface area contributed by atoms with Crippen LogP contribution in [0.1, 0.15) is 18.5 Å². The molecule has 3 N–H and O–H groups in total. The van der Waals surface area contributed by atoms with Crippen molar-refractivity contribution in [3.63, 3.8) is 0 Å². The molecule has 0 saturated heterocycles. The average molecular weight is 493 g/mol. The van der Waals surface area contributed by atoms with Gasteiger partial charge in [-0.3, -0.25) is 14.2 Å². The Hall–Kier alpha value is -2.66. The number of nitrogens with two attached hydrogens (primary N) is 1. The molecule has 0 bridgehead atoms. The van der Waals surface area contributed by atoms with Gasteiger partial charge in [-0.15, -0.1) is 6.58 Å². The Labute approximate surface area is 194 Å². The Bertz CT molecular complexity index is 1340. The summed E-state index contributed by atoms with van der Waals surface area (Å²) in [4.78, 5) is 29.8. The molecule has 2 aromatic carbocycles. The molecule has 1 atom stereocenters. The Kier molecular flexibility index (Phi) is 7.40. The Morgan fingerprint density at radius 3 is 2.62 bits per heavy atom. The number of primary sulfonamides is 1. The number of rotatable bonds is 8. The van der Waals surface area contributed by atoms with Crippen molar-refractivity contribution in [2.45, 2.75) is 29.6 Å². The molecule has 0 aliphatic heterocycles. The minimum atomic E-state index is -3.78. The summed E-state index contributed by atoms with van der Waals surface area (Å²) in [5.74, 6) is -0.251. The van der Waals surface area contributed by atoms with Crippen LogP contribution >= 0.6 is 23.4 Å². The molecule has 1 aromatic heterocycles. The Morgan fingerprint density at radius 1 is 1.31 bits per heavy atom. The first-order chi connectivity index (χ1) is 15.1. The highest BCUT2D eigenvalue weighted by atomic mass is 35.5. The standard InChI is InChI=1S/C21H21ClN4O4S2/c1-3-10-26-20(28)17-9-6-15(22)11-18(17)25-21(26)31-12-19(27)24-13(2)14-4-7-16(8-5-14)32(23,29)30/h3-9,11,13H,1,10,12H2,2H3,(H,24,27)(H2,23,29,30). The molecule has 0 aliphatic rings. The molecule has 0 fully saturated rings. The fourth-order valence-electron chi connectivity index (χ4n) is 3.02. The number of hydrogen-bond donors (Lipinski definition) is 2. The molecule has 3 rings (SSSR count). The van der Waals surface area contributed by atoms with Crippen LogP contribution in [0.5, 0.6) is 0 Å². The van der Waals surface area contributed by atoms with E-state index in [1.54, 1.807) is 43.3 Å². The second-order valence-corrected chi connectivity index (χ2v) is 9.89. The lowest BCUT2D eigenvalue weighted by Gasteiger charge is -2.15. The van der Waals surface area contributed by atoms with Crippen LogP contribution in [0.3, 0.4) is 0 Å². The number of benzene rings is 2. The summed E-state index contributed by atoms with van der Waals surface area (Å²) < 4.78 is 24.2. The van der Waals surface area contributed by atoms with E-state index in [1.165, 1.54) is 16.7 Å². The lowest BCUT2D eigenvalue weighted by Crippen LogP contribution is -2.29. The first kappa shape index (κ1) is 24.0. The predicted octanol–water partition coefficient (Wildman–Crippen LogP) is 2.85. The lowest BCUT2D eigenvalue weighted by atomic mass is 10.1. The van der Waals surface area contributed by atoms with Gasteiger partial charge in [0.25, 0.3) is 5.56 Å². The number of nitrogens with zero attached hydrogens (tertiary/aromatic N) is 2. The summed E-state index contributed by atoms with van der Waals surface area (Å²) in [5.41, 5.74) is 0.935. The normalized spacial score (nSPS) is 12.5. The highest BCUT2D eigenvalue weighted by Crippen LogP contribution is 2.21. The molecule has 1 amide bonds. The number of carbonyl (C=O) groups excluding carboxylic acids is 1. The number of aromatic nitrogens is 2. The second-order valence-electron chi connectivity index (χ2n) is 6.95. The lowest BCUT2D eigenvalue weighted by molar-refractivity contribution is -0.119. The van der Waals surface area contributed by atoms with Crippen LogP contribution in [0.2, 0.25) is 5.02 Å². The van der Waals surface area contributed by atoms with Crippen LogP contribution in [-0.2, 0) is 21.4 Å². The van der Waals surface area contributed by atoms with Crippen LogP contribution in [0.25, 0.3) is 10.9 Å². The number of fused-ring (bicyclic) bond motifs is 1. The van der Waals surface area contributed by atoms with Gasteiger partial charge in [0, 0.05) is 11.6 Å². The Morgan fingerprint density at radius 2 is 2.00 bits per heavy atom. The Balaban J connectivity index is 1.74. The number of amides is 1. The predicted molar refractivity (Wildman–Crippen MR) is 126 cm³/mol. The first-order valence-electron chi connectivity index (χ1n) is 9.46. The molecule has 32 heavy (non-hydrogen) atoms. The number of allylic oxidation sites excluding steroid dienone is 1. The number of halogens is 1. The topological polar surface area (TPSA) is 124 Å². The van der Waals surface area contributed by atoms with Crippen LogP contribution < -0.4 is 16.0 Å². The van der Waals surface area contributed by atoms with Gasteiger partial charge in [0.05, 0.1) is 27.6 Å². The SMILES string of the molecule is C=CCn1c(SCC(=O)NC(C)c2ccc(S(N)(=O)=O)cc2)nc2cc(Cl)ccc2c1=O. The largest absolute Gasteiger partial charge is 0.349 e. The molecule has 0 aliphatic carbocycles. The minimum Gasteiger partial charge on any atom is -0.349 e. The molecule has 11 heteroatoms. The maximum absolute atomic E-state index is 12.8. The van der Waals surface area contributed by atoms with E-state index in [4.69, 9.17) is 16.7 Å². The van der Waals surface area contributed by atoms with Gasteiger partial charge >= 0.3 is 0 Å². The smallest absolute Gasteiger partial charge is 0.262 e. The van der Waals surface area contributed by atoms with E-state index in [0.29, 0.717) is 21.1 Å². The van der Waals surface area contributed by atoms with Gasteiger partial charge < -0.3 is 5.32 Å². The van der Waals surface area contributed by atoms with E-state index >= 15 is 0 Å². The second kappa shape index (κ2) is 9.86. The highest BCUT2D eigenvalue weighted by molar-refractivity contribution is 7.99. The van der Waals surface area contributed by atoms with Crippen molar-refractivity contribution < 1.29 is 13.2 Å². The van der Waals surface area contributed by atoms with Crippen molar-refractivity contribution in [1.82, 2.24) is 14.9 Å². The number of thioether (sulfide) groups is 1. The van der Waals surface area contributed by atoms with Gasteiger partial charge in [-0.05, 0) is 42.8 Å². The van der Waals surface area contributed by atoms with E-state index < -0.39 is 10.0 Å². The average Bonchev–Trinajstić information content (AvgIpc) is 2.73. The quantitative estimate of drug-likeness (QED) is 0.283. The summed E-state index contributed by atoms with van der Waals surface area (Å²) in [7, 11) is -3.78. The van der Waals surface area contributed by atoms with Crippen LogP contribution in [0, 0.1) is 0 Å². The summed E-state index contributed by atoms with van der Waals surface area (Å²) >= 11 is 7.15. The number of carbonyl (C=O) groups is 1. The van der Waals surface area contributed by atoms with Gasteiger partial charge in [0.15, 0.2) is 5.16 Å². The van der Waals surface area contributed by atoms with Gasteiger partial charge in [0.2, 0.25) is 15.9 Å². The fraction of sp³-hybridized carbons (Fsp3) is 0.190. The van der Waals surface area contributed by atoms with E-state index in [9.17, 15) is 18.0 Å². The third kappa shape index (κ3) is 5.57. The van der Waals surface area contributed by atoms with E-state index in [1.807, 2.05) is 0 Å². The zero-order chi connectivity index (χ0) is 23.5. The number of hydrogen-bond acceptors (Lipinski definition) is 6. The third-order valence-electron chi connectivity index (χ3n) is 4.61. The monoisotopic (exact) mass is 492 g/mol. The van der Waals surface area contributed by atoms with Crippen LogP contribution in [-0.4, -0.2) is 29.6 Å². The molecular weight excluding hydrogens is 472 g/mol. The first-order valence-corrected chi connectivity index (χ1v) is 12.4. The molecule has 3 aromatic rings. The summed E-state index contributed by atoms with van der Waals surface area (Å²) in [6.07, 6.45) is 1.59.